The van der Waals surface area contributed by atoms with Crippen LogP contribution in [0.25, 0.3) is 11.5 Å². The molecule has 0 aliphatic carbocycles. The van der Waals surface area contributed by atoms with Crippen molar-refractivity contribution in [1.82, 2.24) is 10.2 Å². The van der Waals surface area contributed by atoms with Crippen molar-refractivity contribution in [3.63, 3.8) is 0 Å². The van der Waals surface area contributed by atoms with E-state index in [1.807, 2.05) is 24.3 Å². The highest BCUT2D eigenvalue weighted by molar-refractivity contribution is 7.07. The first kappa shape index (κ1) is 11.9. The molecule has 96 valence electrons. The van der Waals surface area contributed by atoms with E-state index in [0.717, 1.165) is 17.8 Å². The molecule has 0 atom stereocenters. The molecule has 2 heterocycles. The zero-order chi connectivity index (χ0) is 13.1. The summed E-state index contributed by atoms with van der Waals surface area (Å²) in [6.45, 7) is 2.57. The zero-order valence-corrected chi connectivity index (χ0v) is 11.3. The largest absolute Gasteiger partial charge is 0.421 e. The highest BCUT2D eigenvalue weighted by Gasteiger charge is 2.10. The monoisotopic (exact) mass is 271 g/mol. The number of aryl methyl sites for hydroxylation is 1. The van der Waals surface area contributed by atoms with Crippen molar-refractivity contribution in [1.29, 1.82) is 0 Å². The van der Waals surface area contributed by atoms with Crippen molar-refractivity contribution < 1.29 is 4.42 Å². The lowest BCUT2D eigenvalue weighted by atomic mass is 10.1. The Hall–Kier alpha value is -2.14. The van der Waals surface area contributed by atoms with E-state index in [1.165, 1.54) is 5.56 Å². The van der Waals surface area contributed by atoms with Crippen LogP contribution in [0.3, 0.4) is 0 Å². The maximum absolute atomic E-state index is 5.49. The Labute approximate surface area is 115 Å². The molecule has 1 aromatic carbocycles. The molecule has 3 rings (SSSR count). The summed E-state index contributed by atoms with van der Waals surface area (Å²) in [5, 5.41) is 15.5. The van der Waals surface area contributed by atoms with E-state index in [4.69, 9.17) is 4.42 Å². The number of para-hydroxylation sites is 1. The average Bonchev–Trinajstić information content (AvgIpc) is 3.08. The number of rotatable bonds is 4. The van der Waals surface area contributed by atoms with Gasteiger partial charge in [0.2, 0.25) is 11.8 Å². The predicted molar refractivity (Wildman–Crippen MR) is 76.1 cm³/mol. The standard InChI is InChI=1S/C14H13N3OS/c1-10-16-17-14(18-10)12-4-2-3-5-13(12)15-8-11-6-7-19-9-11/h2-7,9,15H,8H2,1H3. The molecule has 19 heavy (non-hydrogen) atoms. The summed E-state index contributed by atoms with van der Waals surface area (Å²) < 4.78 is 5.49. The number of nitrogens with zero attached hydrogens (tertiary/aromatic N) is 2. The van der Waals surface area contributed by atoms with Crippen molar-refractivity contribution >= 4 is 17.0 Å². The Kier molecular flexibility index (Phi) is 3.29. The number of benzene rings is 1. The summed E-state index contributed by atoms with van der Waals surface area (Å²) in [5.41, 5.74) is 3.19. The van der Waals surface area contributed by atoms with Crippen molar-refractivity contribution in [2.45, 2.75) is 13.5 Å². The summed E-state index contributed by atoms with van der Waals surface area (Å²) in [5.74, 6) is 1.12. The van der Waals surface area contributed by atoms with Crippen molar-refractivity contribution in [2.75, 3.05) is 5.32 Å². The first-order valence-corrected chi connectivity index (χ1v) is 6.91. The van der Waals surface area contributed by atoms with Crippen LogP contribution in [0.5, 0.6) is 0 Å². The quantitative estimate of drug-likeness (QED) is 0.785. The molecule has 0 unspecified atom stereocenters. The number of hydrogen-bond donors (Lipinski definition) is 1. The van der Waals surface area contributed by atoms with E-state index >= 15 is 0 Å². The van der Waals surface area contributed by atoms with Crippen LogP contribution in [0, 0.1) is 6.92 Å². The Morgan fingerprint density at radius 3 is 2.84 bits per heavy atom. The maximum atomic E-state index is 5.49. The zero-order valence-electron chi connectivity index (χ0n) is 10.5. The Bertz CT molecular complexity index is 661. The van der Waals surface area contributed by atoms with Crippen LogP contribution in [0.2, 0.25) is 0 Å². The first-order chi connectivity index (χ1) is 9.33. The van der Waals surface area contributed by atoms with Crippen molar-refractivity contribution in [2.24, 2.45) is 0 Å². The molecule has 0 saturated carbocycles. The first-order valence-electron chi connectivity index (χ1n) is 5.97. The van der Waals surface area contributed by atoms with Gasteiger partial charge in [-0.05, 0) is 34.5 Å². The molecular weight excluding hydrogens is 258 g/mol. The van der Waals surface area contributed by atoms with Gasteiger partial charge in [-0.25, -0.2) is 0 Å². The Morgan fingerprint density at radius 2 is 2.11 bits per heavy atom. The summed E-state index contributed by atoms with van der Waals surface area (Å²) in [6.07, 6.45) is 0. The summed E-state index contributed by atoms with van der Waals surface area (Å²) >= 11 is 1.70. The van der Waals surface area contributed by atoms with Crippen LogP contribution in [-0.2, 0) is 6.54 Å². The van der Waals surface area contributed by atoms with Crippen molar-refractivity contribution in [3.8, 4) is 11.5 Å². The lowest BCUT2D eigenvalue weighted by molar-refractivity contribution is 0.533. The van der Waals surface area contributed by atoms with Crippen LogP contribution in [0.15, 0.2) is 45.5 Å². The van der Waals surface area contributed by atoms with Gasteiger partial charge in [0, 0.05) is 19.2 Å². The molecule has 0 aliphatic heterocycles. The molecule has 1 N–H and O–H groups in total. The van der Waals surface area contributed by atoms with Crippen LogP contribution in [0.4, 0.5) is 5.69 Å². The summed E-state index contributed by atoms with van der Waals surface area (Å²) in [7, 11) is 0. The predicted octanol–water partition coefficient (Wildman–Crippen LogP) is 3.72. The fourth-order valence-corrected chi connectivity index (χ4v) is 2.49. The van der Waals surface area contributed by atoms with Crippen molar-refractivity contribution in [3.05, 3.63) is 52.5 Å². The lowest BCUT2D eigenvalue weighted by Crippen LogP contribution is -1.99. The minimum atomic E-state index is 0.547. The second-order valence-corrected chi connectivity index (χ2v) is 4.94. The van der Waals surface area contributed by atoms with E-state index in [-0.39, 0.29) is 0 Å². The summed E-state index contributed by atoms with van der Waals surface area (Å²) in [4.78, 5) is 0. The maximum Gasteiger partial charge on any atom is 0.249 e. The minimum absolute atomic E-state index is 0.547. The van der Waals surface area contributed by atoms with Crippen LogP contribution >= 0.6 is 11.3 Å². The third-order valence-corrected chi connectivity index (χ3v) is 3.48. The molecule has 3 aromatic rings. The number of nitrogens with one attached hydrogen (secondary N) is 1. The van der Waals surface area contributed by atoms with Gasteiger partial charge >= 0.3 is 0 Å². The van der Waals surface area contributed by atoms with E-state index in [2.05, 4.69) is 32.3 Å². The van der Waals surface area contributed by atoms with E-state index in [0.29, 0.717) is 11.8 Å². The Morgan fingerprint density at radius 1 is 1.21 bits per heavy atom. The van der Waals surface area contributed by atoms with Gasteiger partial charge < -0.3 is 9.73 Å². The van der Waals surface area contributed by atoms with Gasteiger partial charge in [0.15, 0.2) is 0 Å². The smallest absolute Gasteiger partial charge is 0.249 e. The van der Waals surface area contributed by atoms with Crippen LogP contribution < -0.4 is 5.32 Å². The normalized spacial score (nSPS) is 10.6. The minimum Gasteiger partial charge on any atom is -0.421 e. The molecule has 2 aromatic heterocycles. The molecular formula is C14H13N3OS. The molecule has 0 radical (unpaired) electrons. The van der Waals surface area contributed by atoms with Gasteiger partial charge in [-0.2, -0.15) is 11.3 Å². The van der Waals surface area contributed by atoms with E-state index < -0.39 is 0 Å². The number of aromatic nitrogens is 2. The molecule has 0 bridgehead atoms. The van der Waals surface area contributed by atoms with E-state index in [1.54, 1.807) is 18.3 Å². The third-order valence-electron chi connectivity index (χ3n) is 2.75. The lowest BCUT2D eigenvalue weighted by Gasteiger charge is -2.08. The molecule has 0 fully saturated rings. The van der Waals surface area contributed by atoms with Gasteiger partial charge in [-0.1, -0.05) is 12.1 Å². The second kappa shape index (κ2) is 5.24. The fourth-order valence-electron chi connectivity index (χ4n) is 1.82. The topological polar surface area (TPSA) is 51.0 Å². The average molecular weight is 271 g/mol. The number of hydrogen-bond acceptors (Lipinski definition) is 5. The third kappa shape index (κ3) is 2.66. The number of thiophene rings is 1. The van der Waals surface area contributed by atoms with Gasteiger partial charge in [0.05, 0.1) is 5.56 Å². The molecule has 4 nitrogen and oxygen atoms in total. The number of anilines is 1. The van der Waals surface area contributed by atoms with Gasteiger partial charge in [0.25, 0.3) is 0 Å². The second-order valence-electron chi connectivity index (χ2n) is 4.16. The molecule has 5 heteroatoms. The Balaban J connectivity index is 1.85. The molecule has 0 spiro atoms. The van der Waals surface area contributed by atoms with Gasteiger partial charge in [-0.15, -0.1) is 10.2 Å². The molecule has 0 saturated heterocycles. The van der Waals surface area contributed by atoms with Crippen LogP contribution in [-0.4, -0.2) is 10.2 Å². The SMILES string of the molecule is Cc1nnc(-c2ccccc2NCc2ccsc2)o1. The summed E-state index contributed by atoms with van der Waals surface area (Å²) in [6, 6.07) is 10.1. The van der Waals surface area contributed by atoms with Gasteiger partial charge in [0.1, 0.15) is 0 Å². The highest BCUT2D eigenvalue weighted by Crippen LogP contribution is 2.27. The fraction of sp³-hybridized carbons (Fsp3) is 0.143. The van der Waals surface area contributed by atoms with Crippen LogP contribution in [0.1, 0.15) is 11.5 Å². The van der Waals surface area contributed by atoms with E-state index in [9.17, 15) is 0 Å². The molecule has 0 aliphatic rings. The highest BCUT2D eigenvalue weighted by atomic mass is 32.1. The van der Waals surface area contributed by atoms with Gasteiger partial charge in [-0.3, -0.25) is 0 Å². The molecule has 0 amide bonds.